The molecule has 27 heavy (non-hydrogen) atoms. The number of aliphatic carboxylic acids is 1. The minimum Gasteiger partial charge on any atom is -0.480 e. The van der Waals surface area contributed by atoms with Gasteiger partial charge in [0.15, 0.2) is 0 Å². The standard InChI is InChI=1S/C20H23N3O3S/c1-10(2)7-15(20(25)26)23-19-14(9-21)16(22)18(27-19)17(24)13-6-5-11(3)8-12(13)4/h5-6,8,10,15,23H,7,22H2,1-4H3,(H,25,26). The molecule has 0 saturated heterocycles. The highest BCUT2D eigenvalue weighted by Crippen LogP contribution is 2.37. The molecule has 4 N–H and O–H groups in total. The van der Waals surface area contributed by atoms with E-state index in [1.165, 1.54) is 0 Å². The number of carbonyl (C=O) groups excluding carboxylic acids is 1. The molecule has 0 bridgehead atoms. The zero-order chi connectivity index (χ0) is 20.3. The van der Waals surface area contributed by atoms with Crippen molar-refractivity contribution < 1.29 is 14.7 Å². The summed E-state index contributed by atoms with van der Waals surface area (Å²) in [4.78, 5) is 24.7. The maximum Gasteiger partial charge on any atom is 0.326 e. The van der Waals surface area contributed by atoms with E-state index in [9.17, 15) is 20.0 Å². The Morgan fingerprint density at radius 3 is 2.52 bits per heavy atom. The molecule has 0 spiro atoms. The predicted molar refractivity (Wildman–Crippen MR) is 107 cm³/mol. The van der Waals surface area contributed by atoms with Gasteiger partial charge in [0.05, 0.1) is 5.69 Å². The van der Waals surface area contributed by atoms with Gasteiger partial charge in [0.2, 0.25) is 5.78 Å². The number of hydrogen-bond acceptors (Lipinski definition) is 6. The summed E-state index contributed by atoms with van der Waals surface area (Å²) in [5, 5.41) is 22.1. The van der Waals surface area contributed by atoms with Gasteiger partial charge in [-0.1, -0.05) is 37.6 Å². The number of nitrogens with zero attached hydrogens (tertiary/aromatic N) is 1. The summed E-state index contributed by atoms with van der Waals surface area (Å²) >= 11 is 1.03. The van der Waals surface area contributed by atoms with Crippen molar-refractivity contribution in [2.24, 2.45) is 5.92 Å². The van der Waals surface area contributed by atoms with Crippen molar-refractivity contribution in [3.63, 3.8) is 0 Å². The average molecular weight is 385 g/mol. The fourth-order valence-electron chi connectivity index (χ4n) is 2.87. The maximum atomic E-state index is 13.0. The van der Waals surface area contributed by atoms with Crippen LogP contribution in [-0.4, -0.2) is 22.9 Å². The number of anilines is 2. The summed E-state index contributed by atoms with van der Waals surface area (Å²) in [7, 11) is 0. The summed E-state index contributed by atoms with van der Waals surface area (Å²) in [6.07, 6.45) is 0.387. The van der Waals surface area contributed by atoms with E-state index in [4.69, 9.17) is 5.73 Å². The lowest BCUT2D eigenvalue weighted by molar-refractivity contribution is -0.138. The van der Waals surface area contributed by atoms with E-state index in [1.807, 2.05) is 45.9 Å². The molecule has 1 heterocycles. The molecule has 2 aromatic rings. The van der Waals surface area contributed by atoms with Gasteiger partial charge in [-0.3, -0.25) is 4.79 Å². The van der Waals surface area contributed by atoms with Gasteiger partial charge in [-0.15, -0.1) is 11.3 Å². The van der Waals surface area contributed by atoms with Crippen molar-refractivity contribution >= 4 is 33.8 Å². The molecule has 7 heteroatoms. The molecule has 0 saturated carbocycles. The van der Waals surface area contributed by atoms with Gasteiger partial charge in [-0.25, -0.2) is 4.79 Å². The molecule has 0 aliphatic rings. The molecule has 0 aliphatic heterocycles. The van der Waals surface area contributed by atoms with Gasteiger partial charge in [-0.2, -0.15) is 5.26 Å². The maximum absolute atomic E-state index is 13.0. The second kappa shape index (κ2) is 8.23. The Morgan fingerprint density at radius 1 is 1.33 bits per heavy atom. The molecular formula is C20H23N3O3S. The lowest BCUT2D eigenvalue weighted by Gasteiger charge is -2.16. The summed E-state index contributed by atoms with van der Waals surface area (Å²) in [5.41, 5.74) is 8.65. The average Bonchev–Trinajstić information content (AvgIpc) is 2.88. The number of ketones is 1. The minimum atomic E-state index is -1.01. The van der Waals surface area contributed by atoms with Crippen LogP contribution in [0.4, 0.5) is 10.7 Å². The molecule has 0 amide bonds. The van der Waals surface area contributed by atoms with Crippen LogP contribution in [0.1, 0.15) is 52.2 Å². The van der Waals surface area contributed by atoms with Gasteiger partial charge in [0, 0.05) is 5.56 Å². The van der Waals surface area contributed by atoms with Crippen molar-refractivity contribution in [3.8, 4) is 6.07 Å². The Labute approximate surface area is 162 Å². The van der Waals surface area contributed by atoms with E-state index in [-0.39, 0.29) is 27.8 Å². The lowest BCUT2D eigenvalue weighted by Crippen LogP contribution is -2.30. The van der Waals surface area contributed by atoms with Crippen LogP contribution in [0, 0.1) is 31.1 Å². The van der Waals surface area contributed by atoms with Gasteiger partial charge < -0.3 is 16.2 Å². The Bertz CT molecular complexity index is 925. The number of carboxylic acids is 1. The summed E-state index contributed by atoms with van der Waals surface area (Å²) in [5.74, 6) is -1.13. The number of nitriles is 1. The molecule has 0 aliphatic carbocycles. The van der Waals surface area contributed by atoms with Crippen LogP contribution in [0.25, 0.3) is 0 Å². The number of carbonyl (C=O) groups is 2. The molecule has 1 aromatic heterocycles. The first-order chi connectivity index (χ1) is 12.6. The number of nitrogens with one attached hydrogen (secondary N) is 1. The summed E-state index contributed by atoms with van der Waals surface area (Å²) in [6, 6.07) is 6.62. The van der Waals surface area contributed by atoms with E-state index in [1.54, 1.807) is 6.07 Å². The number of benzene rings is 1. The molecule has 1 atom stereocenters. The number of nitrogens with two attached hydrogens (primary N) is 1. The first-order valence-electron chi connectivity index (χ1n) is 8.59. The van der Waals surface area contributed by atoms with E-state index in [2.05, 4.69) is 5.32 Å². The van der Waals surface area contributed by atoms with Crippen molar-refractivity contribution in [1.29, 1.82) is 5.26 Å². The molecule has 0 radical (unpaired) electrons. The van der Waals surface area contributed by atoms with Crippen LogP contribution >= 0.6 is 11.3 Å². The number of thiophene rings is 1. The van der Waals surface area contributed by atoms with E-state index in [0.717, 1.165) is 22.5 Å². The van der Waals surface area contributed by atoms with Crippen molar-refractivity contribution in [3.05, 3.63) is 45.3 Å². The topological polar surface area (TPSA) is 116 Å². The fourth-order valence-corrected chi connectivity index (χ4v) is 3.94. The van der Waals surface area contributed by atoms with Gasteiger partial charge in [0.25, 0.3) is 0 Å². The van der Waals surface area contributed by atoms with Gasteiger partial charge in [-0.05, 0) is 31.7 Å². The molecule has 1 aromatic carbocycles. The highest BCUT2D eigenvalue weighted by atomic mass is 32.1. The molecular weight excluding hydrogens is 362 g/mol. The molecule has 142 valence electrons. The number of hydrogen-bond donors (Lipinski definition) is 3. The zero-order valence-corrected chi connectivity index (χ0v) is 16.6. The zero-order valence-electron chi connectivity index (χ0n) is 15.8. The number of nitrogen functional groups attached to an aromatic ring is 1. The van der Waals surface area contributed by atoms with Crippen LogP contribution in [0.15, 0.2) is 18.2 Å². The monoisotopic (exact) mass is 385 g/mol. The smallest absolute Gasteiger partial charge is 0.326 e. The van der Waals surface area contributed by atoms with Gasteiger partial charge in [0.1, 0.15) is 27.6 Å². The normalized spacial score (nSPS) is 11.9. The second-order valence-corrected chi connectivity index (χ2v) is 7.99. The van der Waals surface area contributed by atoms with E-state index < -0.39 is 12.0 Å². The Kier molecular flexibility index (Phi) is 6.24. The van der Waals surface area contributed by atoms with Crippen molar-refractivity contribution in [2.45, 2.75) is 40.2 Å². The summed E-state index contributed by atoms with van der Waals surface area (Å²) < 4.78 is 0. The number of rotatable bonds is 7. The number of aryl methyl sites for hydroxylation is 2. The Hall–Kier alpha value is -2.85. The third-order valence-electron chi connectivity index (χ3n) is 4.20. The molecule has 6 nitrogen and oxygen atoms in total. The molecule has 1 unspecified atom stereocenters. The molecule has 0 fully saturated rings. The highest BCUT2D eigenvalue weighted by Gasteiger charge is 2.26. The Morgan fingerprint density at radius 2 is 2.00 bits per heavy atom. The summed E-state index contributed by atoms with van der Waals surface area (Å²) in [6.45, 7) is 7.62. The minimum absolute atomic E-state index is 0.0867. The largest absolute Gasteiger partial charge is 0.480 e. The third-order valence-corrected chi connectivity index (χ3v) is 5.34. The van der Waals surface area contributed by atoms with E-state index >= 15 is 0 Å². The predicted octanol–water partition coefficient (Wildman–Crippen LogP) is 3.96. The van der Waals surface area contributed by atoms with Crippen LogP contribution in [0.2, 0.25) is 0 Å². The SMILES string of the molecule is Cc1ccc(C(=O)c2sc(NC(CC(C)C)C(=O)O)c(C#N)c2N)c(C)c1. The third kappa shape index (κ3) is 4.47. The second-order valence-electron chi connectivity index (χ2n) is 6.97. The quantitative estimate of drug-likeness (QED) is 0.621. The van der Waals surface area contributed by atoms with Crippen LogP contribution < -0.4 is 11.1 Å². The number of carboxylic acid groups (broad SMARTS) is 1. The van der Waals surface area contributed by atoms with Crippen LogP contribution in [-0.2, 0) is 4.79 Å². The van der Waals surface area contributed by atoms with Crippen molar-refractivity contribution in [2.75, 3.05) is 11.1 Å². The van der Waals surface area contributed by atoms with Crippen molar-refractivity contribution in [1.82, 2.24) is 0 Å². The van der Waals surface area contributed by atoms with Crippen LogP contribution in [0.3, 0.4) is 0 Å². The lowest BCUT2D eigenvalue weighted by atomic mass is 10.0. The van der Waals surface area contributed by atoms with E-state index in [0.29, 0.717) is 17.0 Å². The first-order valence-corrected chi connectivity index (χ1v) is 9.41. The molecule has 2 rings (SSSR count). The van der Waals surface area contributed by atoms with Crippen LogP contribution in [0.5, 0.6) is 0 Å². The van der Waals surface area contributed by atoms with Gasteiger partial charge >= 0.3 is 5.97 Å². The fraction of sp³-hybridized carbons (Fsp3) is 0.350. The highest BCUT2D eigenvalue weighted by molar-refractivity contribution is 7.19. The Balaban J connectivity index is 2.44. The first kappa shape index (κ1) is 20.5.